The van der Waals surface area contributed by atoms with Crippen LogP contribution in [0.1, 0.15) is 49.3 Å². The third-order valence-corrected chi connectivity index (χ3v) is 4.46. The van der Waals surface area contributed by atoms with Gasteiger partial charge in [0.15, 0.2) is 0 Å². The zero-order chi connectivity index (χ0) is 13.2. The summed E-state index contributed by atoms with van der Waals surface area (Å²) in [6.07, 6.45) is 7.30. The standard InChI is InChI=1S/C14H20O3S/c1-2-3-6-11-9-13(18(15,16)17)10-12-7-4-5-8-14(11)12/h9-10H,2-8H2,1H3,(H,15,16,17). The summed E-state index contributed by atoms with van der Waals surface area (Å²) in [5.74, 6) is 0. The van der Waals surface area contributed by atoms with Gasteiger partial charge in [-0.15, -0.1) is 0 Å². The molecule has 0 amide bonds. The molecule has 100 valence electrons. The molecule has 0 atom stereocenters. The lowest BCUT2D eigenvalue weighted by molar-refractivity contribution is 0.482. The van der Waals surface area contributed by atoms with E-state index in [1.807, 2.05) is 0 Å². The Morgan fingerprint density at radius 1 is 1.22 bits per heavy atom. The third kappa shape index (κ3) is 2.93. The molecule has 0 saturated heterocycles. The molecule has 4 heteroatoms. The molecule has 0 bridgehead atoms. The van der Waals surface area contributed by atoms with Gasteiger partial charge in [0.25, 0.3) is 10.1 Å². The van der Waals surface area contributed by atoms with Crippen molar-refractivity contribution in [3.05, 3.63) is 28.8 Å². The molecular formula is C14H20O3S. The molecule has 0 heterocycles. The molecule has 1 aliphatic rings. The summed E-state index contributed by atoms with van der Waals surface area (Å²) in [7, 11) is -4.08. The quantitative estimate of drug-likeness (QED) is 0.853. The molecular weight excluding hydrogens is 248 g/mol. The molecule has 0 aliphatic heterocycles. The van der Waals surface area contributed by atoms with E-state index in [9.17, 15) is 13.0 Å². The predicted molar refractivity (Wildman–Crippen MR) is 71.5 cm³/mol. The van der Waals surface area contributed by atoms with E-state index in [1.165, 1.54) is 12.0 Å². The minimum absolute atomic E-state index is 0.0641. The van der Waals surface area contributed by atoms with Crippen molar-refractivity contribution in [3.8, 4) is 0 Å². The van der Waals surface area contributed by atoms with Gasteiger partial charge in [-0.1, -0.05) is 13.3 Å². The molecule has 1 aromatic carbocycles. The fraction of sp³-hybridized carbons (Fsp3) is 0.571. The van der Waals surface area contributed by atoms with Crippen LogP contribution < -0.4 is 0 Å². The number of aryl methyl sites for hydroxylation is 2. The van der Waals surface area contributed by atoms with Gasteiger partial charge in [0.1, 0.15) is 0 Å². The number of fused-ring (bicyclic) bond motifs is 1. The molecule has 0 radical (unpaired) electrons. The second-order valence-corrected chi connectivity index (χ2v) is 6.43. The lowest BCUT2D eigenvalue weighted by Gasteiger charge is -2.20. The van der Waals surface area contributed by atoms with E-state index < -0.39 is 10.1 Å². The molecule has 1 aliphatic carbocycles. The van der Waals surface area contributed by atoms with Crippen molar-refractivity contribution in [2.45, 2.75) is 56.8 Å². The summed E-state index contributed by atoms with van der Waals surface area (Å²) in [6, 6.07) is 3.31. The summed E-state index contributed by atoms with van der Waals surface area (Å²) < 4.78 is 31.8. The van der Waals surface area contributed by atoms with Gasteiger partial charge in [-0.3, -0.25) is 4.55 Å². The molecule has 2 rings (SSSR count). The monoisotopic (exact) mass is 268 g/mol. The van der Waals surface area contributed by atoms with Crippen molar-refractivity contribution in [1.29, 1.82) is 0 Å². The Kier molecular flexibility index (Phi) is 4.07. The normalized spacial score (nSPS) is 15.4. The van der Waals surface area contributed by atoms with Gasteiger partial charge in [0.05, 0.1) is 4.90 Å². The van der Waals surface area contributed by atoms with Crippen LogP contribution in [0, 0.1) is 0 Å². The van der Waals surface area contributed by atoms with E-state index in [4.69, 9.17) is 0 Å². The van der Waals surface area contributed by atoms with Gasteiger partial charge in [0.2, 0.25) is 0 Å². The second kappa shape index (κ2) is 5.41. The molecule has 18 heavy (non-hydrogen) atoms. The summed E-state index contributed by atoms with van der Waals surface area (Å²) in [6.45, 7) is 2.12. The van der Waals surface area contributed by atoms with Gasteiger partial charge >= 0.3 is 0 Å². The Hall–Kier alpha value is -0.870. The highest BCUT2D eigenvalue weighted by Gasteiger charge is 2.19. The van der Waals surface area contributed by atoms with Crippen LogP contribution in [0.3, 0.4) is 0 Å². The van der Waals surface area contributed by atoms with E-state index in [2.05, 4.69) is 6.92 Å². The highest BCUT2D eigenvalue weighted by atomic mass is 32.2. The average molecular weight is 268 g/mol. The maximum absolute atomic E-state index is 11.3. The van der Waals surface area contributed by atoms with E-state index in [0.717, 1.165) is 49.7 Å². The third-order valence-electron chi connectivity index (χ3n) is 3.63. The van der Waals surface area contributed by atoms with Crippen LogP contribution in [0.15, 0.2) is 17.0 Å². The first kappa shape index (κ1) is 13.6. The van der Waals surface area contributed by atoms with Gasteiger partial charge in [-0.2, -0.15) is 8.42 Å². The van der Waals surface area contributed by atoms with Crippen molar-refractivity contribution >= 4 is 10.1 Å². The van der Waals surface area contributed by atoms with Gasteiger partial charge < -0.3 is 0 Å². The molecule has 3 nitrogen and oxygen atoms in total. The molecule has 0 fully saturated rings. The Morgan fingerprint density at radius 3 is 2.61 bits per heavy atom. The second-order valence-electron chi connectivity index (χ2n) is 5.01. The Bertz CT molecular complexity index is 532. The van der Waals surface area contributed by atoms with Crippen LogP contribution in [0.25, 0.3) is 0 Å². The Balaban J connectivity index is 2.48. The topological polar surface area (TPSA) is 54.4 Å². The van der Waals surface area contributed by atoms with E-state index >= 15 is 0 Å². The average Bonchev–Trinajstić information content (AvgIpc) is 2.34. The van der Waals surface area contributed by atoms with Crippen LogP contribution in [0.5, 0.6) is 0 Å². The van der Waals surface area contributed by atoms with E-state index in [1.54, 1.807) is 12.1 Å². The lowest BCUT2D eigenvalue weighted by atomic mass is 9.87. The van der Waals surface area contributed by atoms with Crippen LogP contribution in [-0.2, 0) is 29.4 Å². The van der Waals surface area contributed by atoms with Crippen LogP contribution in [0.4, 0.5) is 0 Å². The van der Waals surface area contributed by atoms with Crippen LogP contribution in [-0.4, -0.2) is 13.0 Å². The number of hydrogen-bond donors (Lipinski definition) is 1. The number of benzene rings is 1. The number of hydrogen-bond acceptors (Lipinski definition) is 2. The first-order valence-electron chi connectivity index (χ1n) is 6.64. The van der Waals surface area contributed by atoms with E-state index in [-0.39, 0.29) is 4.90 Å². The molecule has 0 spiro atoms. The molecule has 0 aromatic heterocycles. The highest BCUT2D eigenvalue weighted by Crippen LogP contribution is 2.28. The Morgan fingerprint density at radius 2 is 1.94 bits per heavy atom. The first-order chi connectivity index (χ1) is 8.52. The molecule has 0 unspecified atom stereocenters. The smallest absolute Gasteiger partial charge is 0.282 e. The molecule has 0 saturated carbocycles. The minimum atomic E-state index is -4.08. The van der Waals surface area contributed by atoms with Crippen molar-refractivity contribution in [2.24, 2.45) is 0 Å². The Labute approximate surface area is 109 Å². The summed E-state index contributed by atoms with van der Waals surface area (Å²) in [4.78, 5) is 0.0641. The van der Waals surface area contributed by atoms with Gasteiger partial charge in [-0.05, 0) is 67.3 Å². The van der Waals surface area contributed by atoms with Gasteiger partial charge in [0, 0.05) is 0 Å². The number of rotatable bonds is 4. The minimum Gasteiger partial charge on any atom is -0.282 e. The summed E-state index contributed by atoms with van der Waals surface area (Å²) in [5, 5.41) is 0. The largest absolute Gasteiger partial charge is 0.294 e. The molecule has 1 aromatic rings. The summed E-state index contributed by atoms with van der Waals surface area (Å²) >= 11 is 0. The first-order valence-corrected chi connectivity index (χ1v) is 8.08. The number of unbranched alkanes of at least 4 members (excludes halogenated alkanes) is 1. The maximum atomic E-state index is 11.3. The SMILES string of the molecule is CCCCc1cc(S(=O)(=O)O)cc2c1CCCC2. The van der Waals surface area contributed by atoms with Crippen LogP contribution in [0.2, 0.25) is 0 Å². The fourth-order valence-electron chi connectivity index (χ4n) is 2.67. The zero-order valence-corrected chi connectivity index (χ0v) is 11.6. The highest BCUT2D eigenvalue weighted by molar-refractivity contribution is 7.85. The maximum Gasteiger partial charge on any atom is 0.294 e. The fourth-order valence-corrected chi connectivity index (χ4v) is 3.25. The van der Waals surface area contributed by atoms with Gasteiger partial charge in [-0.25, -0.2) is 0 Å². The lowest BCUT2D eigenvalue weighted by Crippen LogP contribution is -2.10. The van der Waals surface area contributed by atoms with Crippen molar-refractivity contribution in [3.63, 3.8) is 0 Å². The van der Waals surface area contributed by atoms with Crippen molar-refractivity contribution < 1.29 is 13.0 Å². The zero-order valence-electron chi connectivity index (χ0n) is 10.8. The molecule has 1 N–H and O–H groups in total. The van der Waals surface area contributed by atoms with Crippen molar-refractivity contribution in [2.75, 3.05) is 0 Å². The van der Waals surface area contributed by atoms with Crippen LogP contribution >= 0.6 is 0 Å². The van der Waals surface area contributed by atoms with Crippen molar-refractivity contribution in [1.82, 2.24) is 0 Å². The predicted octanol–water partition coefficient (Wildman–Crippen LogP) is 3.15. The van der Waals surface area contributed by atoms with E-state index in [0.29, 0.717) is 0 Å². The summed E-state index contributed by atoms with van der Waals surface area (Å²) in [5.41, 5.74) is 3.55.